The third-order valence-corrected chi connectivity index (χ3v) is 4.57. The van der Waals surface area contributed by atoms with Gasteiger partial charge in [-0.15, -0.1) is 0 Å². The van der Waals surface area contributed by atoms with Gasteiger partial charge in [-0.2, -0.15) is 13.1 Å². The van der Waals surface area contributed by atoms with Crippen LogP contribution < -0.4 is 9.44 Å². The van der Waals surface area contributed by atoms with E-state index in [1.165, 1.54) is 0 Å². The summed E-state index contributed by atoms with van der Waals surface area (Å²) in [5.41, 5.74) is -0.597. The number of methoxy groups -OCH3 is 1. The zero-order valence-electron chi connectivity index (χ0n) is 9.54. The molecule has 0 aliphatic heterocycles. The Balaban J connectivity index is 4.73. The molecule has 0 rings (SSSR count). The van der Waals surface area contributed by atoms with Crippen molar-refractivity contribution in [2.24, 2.45) is 0 Å². The van der Waals surface area contributed by atoms with E-state index in [9.17, 15) is 13.2 Å². The lowest BCUT2D eigenvalue weighted by Crippen LogP contribution is -2.54. The minimum absolute atomic E-state index is 0.467. The quantitative estimate of drug-likeness (QED) is 0.719. The van der Waals surface area contributed by atoms with Crippen LogP contribution in [0.3, 0.4) is 0 Å². The van der Waals surface area contributed by atoms with Gasteiger partial charge in [0.1, 0.15) is 0 Å². The molecule has 6 nitrogen and oxygen atoms in total. The monoisotopic (exact) mass is 316 g/mol. The number of hydrogen-bond acceptors (Lipinski definition) is 4. The fourth-order valence-corrected chi connectivity index (χ4v) is 3.48. The smallest absolute Gasteiger partial charge is 0.421 e. The van der Waals surface area contributed by atoms with Crippen molar-refractivity contribution < 1.29 is 17.9 Å². The van der Waals surface area contributed by atoms with Crippen molar-refractivity contribution >= 4 is 32.2 Å². The number of ether oxygens (including phenoxy) is 1. The summed E-state index contributed by atoms with van der Waals surface area (Å²) in [6.07, 6.45) is 0.205. The number of hydrogen-bond donors (Lipinski definition) is 2. The molecule has 0 saturated carbocycles. The standard InChI is InChI=1S/C8H17BrN2O4S/c1-4-8(5-2,6-9)11-16(13,14)10-7(12)15-3/h11H,4-6H2,1-3H3,(H,10,12). The molecule has 0 aromatic rings. The average molecular weight is 317 g/mol. The van der Waals surface area contributed by atoms with Crippen LogP contribution in [0, 0.1) is 0 Å². The highest BCUT2D eigenvalue weighted by Crippen LogP contribution is 2.18. The van der Waals surface area contributed by atoms with Crippen LogP contribution in [0.4, 0.5) is 4.79 Å². The first-order chi connectivity index (χ1) is 7.34. The van der Waals surface area contributed by atoms with Crippen molar-refractivity contribution in [3.05, 3.63) is 0 Å². The van der Waals surface area contributed by atoms with Gasteiger partial charge in [-0.3, -0.25) is 0 Å². The predicted octanol–water partition coefficient (Wildman–Crippen LogP) is 1.13. The Kier molecular flexibility index (Phi) is 6.27. The molecule has 96 valence electrons. The van der Waals surface area contributed by atoms with Gasteiger partial charge in [0, 0.05) is 10.9 Å². The van der Waals surface area contributed by atoms with Gasteiger partial charge in [0.05, 0.1) is 7.11 Å². The fourth-order valence-electron chi connectivity index (χ4n) is 1.07. The van der Waals surface area contributed by atoms with Crippen LogP contribution in [0.1, 0.15) is 26.7 Å². The summed E-state index contributed by atoms with van der Waals surface area (Å²) in [5, 5.41) is 0.467. The zero-order valence-corrected chi connectivity index (χ0v) is 11.9. The molecule has 0 fully saturated rings. The summed E-state index contributed by atoms with van der Waals surface area (Å²) in [5.74, 6) is 0. The summed E-state index contributed by atoms with van der Waals surface area (Å²) >= 11 is 3.26. The second-order valence-electron chi connectivity index (χ2n) is 3.32. The number of halogens is 1. The van der Waals surface area contributed by atoms with E-state index in [4.69, 9.17) is 0 Å². The van der Waals surface area contributed by atoms with Gasteiger partial charge in [-0.25, -0.2) is 9.52 Å². The van der Waals surface area contributed by atoms with E-state index in [0.29, 0.717) is 18.2 Å². The molecule has 8 heteroatoms. The SMILES string of the molecule is CCC(CC)(CBr)NS(=O)(=O)NC(=O)OC. The summed E-state index contributed by atoms with van der Waals surface area (Å²) < 4.78 is 31.5. The van der Waals surface area contributed by atoms with Gasteiger partial charge >= 0.3 is 16.3 Å². The molecule has 0 aliphatic carbocycles. The Morgan fingerprint density at radius 3 is 2.19 bits per heavy atom. The van der Waals surface area contributed by atoms with Gasteiger partial charge in [-0.1, -0.05) is 29.8 Å². The Bertz CT molecular complexity index is 319. The second kappa shape index (κ2) is 6.41. The van der Waals surface area contributed by atoms with E-state index in [0.717, 1.165) is 7.11 Å². The Hall–Kier alpha value is -0.340. The van der Waals surface area contributed by atoms with Crippen LogP contribution in [0.2, 0.25) is 0 Å². The molecular weight excluding hydrogens is 300 g/mol. The largest absolute Gasteiger partial charge is 0.452 e. The lowest BCUT2D eigenvalue weighted by atomic mass is 9.97. The van der Waals surface area contributed by atoms with E-state index in [2.05, 4.69) is 25.4 Å². The number of nitrogens with one attached hydrogen (secondary N) is 2. The van der Waals surface area contributed by atoms with Crippen LogP contribution in [0.25, 0.3) is 0 Å². The van der Waals surface area contributed by atoms with E-state index in [1.807, 2.05) is 13.8 Å². The Morgan fingerprint density at radius 1 is 1.38 bits per heavy atom. The minimum Gasteiger partial charge on any atom is -0.452 e. The van der Waals surface area contributed by atoms with Crippen LogP contribution in [0.15, 0.2) is 0 Å². The first kappa shape index (κ1) is 15.7. The maximum Gasteiger partial charge on any atom is 0.421 e. The molecule has 1 amide bonds. The van der Waals surface area contributed by atoms with Crippen LogP contribution in [-0.2, 0) is 14.9 Å². The lowest BCUT2D eigenvalue weighted by Gasteiger charge is -2.30. The minimum atomic E-state index is -3.89. The van der Waals surface area contributed by atoms with Gasteiger partial charge in [0.2, 0.25) is 0 Å². The second-order valence-corrected chi connectivity index (χ2v) is 5.30. The van der Waals surface area contributed by atoms with Crippen LogP contribution in [0.5, 0.6) is 0 Å². The van der Waals surface area contributed by atoms with Crippen molar-refractivity contribution in [2.45, 2.75) is 32.2 Å². The summed E-state index contributed by atoms with van der Waals surface area (Å²) in [6.45, 7) is 3.73. The highest BCUT2D eigenvalue weighted by atomic mass is 79.9. The molecule has 2 N–H and O–H groups in total. The number of carbonyl (C=O) groups is 1. The van der Waals surface area contributed by atoms with Crippen LogP contribution >= 0.6 is 15.9 Å². The van der Waals surface area contributed by atoms with Crippen molar-refractivity contribution in [1.29, 1.82) is 0 Å². The third kappa shape index (κ3) is 4.67. The van der Waals surface area contributed by atoms with E-state index in [1.54, 1.807) is 4.72 Å². The molecule has 0 atom stereocenters. The molecule has 0 saturated heterocycles. The van der Waals surface area contributed by atoms with E-state index in [-0.39, 0.29) is 0 Å². The topological polar surface area (TPSA) is 84.5 Å². The molecule has 16 heavy (non-hydrogen) atoms. The third-order valence-electron chi connectivity index (χ3n) is 2.36. The number of rotatable bonds is 6. The summed E-state index contributed by atoms with van der Waals surface area (Å²) in [4.78, 5) is 10.8. The summed E-state index contributed by atoms with van der Waals surface area (Å²) in [6, 6.07) is 0. The number of alkyl halides is 1. The Morgan fingerprint density at radius 2 is 1.88 bits per heavy atom. The van der Waals surface area contributed by atoms with E-state index < -0.39 is 21.8 Å². The molecule has 0 aromatic carbocycles. The average Bonchev–Trinajstić information content (AvgIpc) is 2.25. The van der Waals surface area contributed by atoms with Crippen molar-refractivity contribution in [3.63, 3.8) is 0 Å². The molecular formula is C8H17BrN2O4S. The number of amides is 1. The van der Waals surface area contributed by atoms with Crippen molar-refractivity contribution in [1.82, 2.24) is 9.44 Å². The zero-order chi connectivity index (χ0) is 12.8. The van der Waals surface area contributed by atoms with Crippen molar-refractivity contribution in [3.8, 4) is 0 Å². The molecule has 0 bridgehead atoms. The highest BCUT2D eigenvalue weighted by Gasteiger charge is 2.31. The van der Waals surface area contributed by atoms with Crippen LogP contribution in [-0.4, -0.2) is 32.5 Å². The lowest BCUT2D eigenvalue weighted by molar-refractivity contribution is 0.177. The predicted molar refractivity (Wildman–Crippen MR) is 64.7 cm³/mol. The number of carbonyl (C=O) groups excluding carboxylic acids is 1. The first-order valence-electron chi connectivity index (χ1n) is 4.80. The maximum atomic E-state index is 11.5. The molecule has 0 aromatic heterocycles. The molecule has 0 unspecified atom stereocenters. The molecule has 0 aliphatic rings. The van der Waals surface area contributed by atoms with Gasteiger partial charge in [-0.05, 0) is 12.8 Å². The molecule has 0 spiro atoms. The highest BCUT2D eigenvalue weighted by molar-refractivity contribution is 9.09. The van der Waals surface area contributed by atoms with Crippen molar-refractivity contribution in [2.75, 3.05) is 12.4 Å². The maximum absolute atomic E-state index is 11.5. The van der Waals surface area contributed by atoms with Gasteiger partial charge < -0.3 is 4.74 Å². The van der Waals surface area contributed by atoms with E-state index >= 15 is 0 Å². The molecule has 0 heterocycles. The molecule has 0 radical (unpaired) electrons. The van der Waals surface area contributed by atoms with Gasteiger partial charge in [0.25, 0.3) is 0 Å². The normalized spacial score (nSPS) is 12.2. The first-order valence-corrected chi connectivity index (χ1v) is 7.40. The van der Waals surface area contributed by atoms with Gasteiger partial charge in [0.15, 0.2) is 0 Å². The fraction of sp³-hybridized carbons (Fsp3) is 0.875. The summed E-state index contributed by atoms with van der Waals surface area (Å²) in [7, 11) is -2.79. The Labute approximate surface area is 104 Å².